The average Bonchev–Trinajstić information content (AvgIpc) is 1.93. The van der Waals surface area contributed by atoms with Crippen LogP contribution >= 0.6 is 22.6 Å². The van der Waals surface area contributed by atoms with Crippen molar-refractivity contribution in [3.63, 3.8) is 0 Å². The van der Waals surface area contributed by atoms with Gasteiger partial charge in [-0.2, -0.15) is 8.42 Å². The van der Waals surface area contributed by atoms with E-state index in [4.69, 9.17) is 0 Å². The third kappa shape index (κ3) is 3.43. The molecule has 0 atom stereocenters. The Labute approximate surface area is 87.3 Å². The van der Waals surface area contributed by atoms with Crippen LogP contribution in [0.1, 0.15) is 0 Å². The first-order chi connectivity index (χ1) is 5.88. The molecule has 0 heterocycles. The predicted octanol–water partition coefficient (Wildman–Crippen LogP) is 2.02. The number of hydrogen-bond donors (Lipinski definition) is 0. The number of benzene rings is 1. The first-order valence-electron chi connectivity index (χ1n) is 2.97. The van der Waals surface area contributed by atoms with Gasteiger partial charge in [0, 0.05) is 3.57 Å². The highest BCUT2D eigenvalue weighted by molar-refractivity contribution is 14.1. The van der Waals surface area contributed by atoms with Gasteiger partial charge in [-0.15, -0.1) is 0 Å². The molecule has 0 aromatic heterocycles. The highest BCUT2D eigenvalue weighted by atomic mass is 127. The van der Waals surface area contributed by atoms with Crippen molar-refractivity contribution in [3.05, 3.63) is 27.6 Å². The molecule has 0 aliphatic heterocycles. The van der Waals surface area contributed by atoms with Gasteiger partial charge in [-0.25, -0.2) is 4.39 Å². The van der Waals surface area contributed by atoms with E-state index in [-0.39, 0.29) is 0 Å². The minimum atomic E-state index is -5.15. The van der Waals surface area contributed by atoms with Gasteiger partial charge in [-0.3, -0.25) is 0 Å². The van der Waals surface area contributed by atoms with Crippen molar-refractivity contribution in [3.8, 4) is 5.75 Å². The van der Waals surface area contributed by atoms with Crippen molar-refractivity contribution in [2.24, 2.45) is 0 Å². The molecule has 0 aliphatic carbocycles. The molecule has 0 unspecified atom stereocenters. The molecule has 0 saturated carbocycles. The molecule has 0 amide bonds. The molecule has 0 aliphatic rings. The Morgan fingerprint density at radius 2 is 2.00 bits per heavy atom. The van der Waals surface area contributed by atoms with Gasteiger partial charge in [0.05, 0.1) is 0 Å². The van der Waals surface area contributed by atoms with Gasteiger partial charge in [-0.05, 0) is 40.8 Å². The molecule has 13 heavy (non-hydrogen) atoms. The fraction of sp³-hybridized carbons (Fsp3) is 0. The normalized spacial score (nSPS) is 11.3. The van der Waals surface area contributed by atoms with Crippen LogP contribution in [0.25, 0.3) is 0 Å². The van der Waals surface area contributed by atoms with E-state index in [0.717, 1.165) is 12.1 Å². The molecule has 72 valence electrons. The monoisotopic (exact) mass is 320 g/mol. The molecule has 3 nitrogen and oxygen atoms in total. The van der Waals surface area contributed by atoms with Crippen LogP contribution in [-0.2, 0) is 10.5 Å². The summed E-state index contributed by atoms with van der Waals surface area (Å²) in [6.07, 6.45) is 0. The molecule has 0 radical (unpaired) electrons. The lowest BCUT2D eigenvalue weighted by atomic mass is 10.3. The summed E-state index contributed by atoms with van der Waals surface area (Å²) in [5.74, 6) is -1.57. The fourth-order valence-electron chi connectivity index (χ4n) is 0.650. The molecule has 0 spiro atoms. The van der Waals surface area contributed by atoms with Crippen molar-refractivity contribution in [1.29, 1.82) is 0 Å². The second-order valence-corrected chi connectivity index (χ2v) is 4.25. The van der Waals surface area contributed by atoms with E-state index in [0.29, 0.717) is 3.57 Å². The molecule has 0 fully saturated rings. The number of hydrogen-bond acceptors (Lipinski definition) is 3. The van der Waals surface area contributed by atoms with E-state index in [1.807, 2.05) is 22.6 Å². The molecule has 1 rings (SSSR count). The lowest BCUT2D eigenvalue weighted by molar-refractivity contribution is 0.423. The van der Waals surface area contributed by atoms with Crippen LogP contribution in [0.4, 0.5) is 8.28 Å². The minimum absolute atomic E-state index is 0.554. The van der Waals surface area contributed by atoms with E-state index in [1.54, 1.807) is 0 Å². The molecule has 0 N–H and O–H groups in total. The van der Waals surface area contributed by atoms with Crippen LogP contribution in [0.2, 0.25) is 0 Å². The Bertz CT molecular complexity index is 418. The summed E-state index contributed by atoms with van der Waals surface area (Å²) < 4.78 is 49.0. The Morgan fingerprint density at radius 1 is 1.38 bits per heavy atom. The standard InChI is InChI=1S/C6H3F2IO3S/c7-5-3-4(9)1-2-6(5)12-13(8,10)11/h1-3H. The van der Waals surface area contributed by atoms with E-state index >= 15 is 0 Å². The van der Waals surface area contributed by atoms with Crippen LogP contribution in [-0.4, -0.2) is 8.42 Å². The zero-order valence-corrected chi connectivity index (χ0v) is 8.97. The SMILES string of the molecule is O=S(=O)(F)Oc1ccc(I)cc1F. The number of halogens is 3. The summed E-state index contributed by atoms with van der Waals surface area (Å²) in [4.78, 5) is 0. The third-order valence-corrected chi connectivity index (χ3v) is 2.13. The van der Waals surface area contributed by atoms with Crippen LogP contribution in [0.3, 0.4) is 0 Å². The molecule has 7 heteroatoms. The van der Waals surface area contributed by atoms with Gasteiger partial charge in [0.1, 0.15) is 0 Å². The molecule has 0 bridgehead atoms. The first kappa shape index (κ1) is 10.6. The van der Waals surface area contributed by atoms with Crippen molar-refractivity contribution in [2.45, 2.75) is 0 Å². The number of rotatable bonds is 2. The molecular formula is C6H3F2IO3S. The Balaban J connectivity index is 3.04. The van der Waals surface area contributed by atoms with Crippen LogP contribution < -0.4 is 4.18 Å². The second-order valence-electron chi connectivity index (χ2n) is 2.05. The average molecular weight is 320 g/mol. The lowest BCUT2D eigenvalue weighted by Gasteiger charge is -2.00. The lowest BCUT2D eigenvalue weighted by Crippen LogP contribution is -2.02. The quantitative estimate of drug-likeness (QED) is 0.619. The van der Waals surface area contributed by atoms with Gasteiger partial charge >= 0.3 is 10.5 Å². The van der Waals surface area contributed by atoms with Crippen LogP contribution in [0, 0.1) is 9.39 Å². The summed E-state index contributed by atoms with van der Waals surface area (Å²) in [5.41, 5.74) is 0. The molecule has 1 aromatic carbocycles. The van der Waals surface area contributed by atoms with Gasteiger partial charge in [0.25, 0.3) is 0 Å². The highest BCUT2D eigenvalue weighted by Crippen LogP contribution is 2.20. The van der Waals surface area contributed by atoms with Gasteiger partial charge in [-0.1, -0.05) is 3.89 Å². The van der Waals surface area contributed by atoms with Crippen molar-refractivity contribution >= 4 is 33.1 Å². The van der Waals surface area contributed by atoms with Gasteiger partial charge < -0.3 is 4.18 Å². The predicted molar refractivity (Wildman–Crippen MR) is 49.8 cm³/mol. The highest BCUT2D eigenvalue weighted by Gasteiger charge is 2.13. The van der Waals surface area contributed by atoms with Crippen molar-refractivity contribution < 1.29 is 20.9 Å². The summed E-state index contributed by atoms with van der Waals surface area (Å²) >= 11 is 1.82. The topological polar surface area (TPSA) is 43.4 Å². The van der Waals surface area contributed by atoms with Crippen molar-refractivity contribution in [1.82, 2.24) is 0 Å². The molecule has 0 saturated heterocycles. The Kier molecular flexibility index (Phi) is 3.06. The summed E-state index contributed by atoms with van der Waals surface area (Å²) in [6, 6.07) is 3.46. The maximum Gasteiger partial charge on any atom is 0.488 e. The minimum Gasteiger partial charge on any atom is -0.355 e. The second kappa shape index (κ2) is 3.74. The van der Waals surface area contributed by atoms with Crippen LogP contribution in [0.5, 0.6) is 5.75 Å². The van der Waals surface area contributed by atoms with E-state index in [9.17, 15) is 16.7 Å². The zero-order chi connectivity index (χ0) is 10.1. The third-order valence-electron chi connectivity index (χ3n) is 1.08. The van der Waals surface area contributed by atoms with E-state index < -0.39 is 22.1 Å². The molecule has 1 aromatic rings. The summed E-state index contributed by atoms with van der Waals surface area (Å²) in [5, 5.41) is 0. The van der Waals surface area contributed by atoms with E-state index in [1.165, 1.54) is 6.07 Å². The van der Waals surface area contributed by atoms with Crippen molar-refractivity contribution in [2.75, 3.05) is 0 Å². The Hall–Kier alpha value is -0.440. The fourth-order valence-corrected chi connectivity index (χ4v) is 1.45. The largest absolute Gasteiger partial charge is 0.488 e. The van der Waals surface area contributed by atoms with Gasteiger partial charge in [0.15, 0.2) is 11.6 Å². The molecular weight excluding hydrogens is 317 g/mol. The first-order valence-corrected chi connectivity index (χ1v) is 5.36. The van der Waals surface area contributed by atoms with E-state index in [2.05, 4.69) is 4.18 Å². The maximum absolute atomic E-state index is 12.8. The summed E-state index contributed by atoms with van der Waals surface area (Å²) in [7, 11) is -5.15. The van der Waals surface area contributed by atoms with Crippen LogP contribution in [0.15, 0.2) is 18.2 Å². The summed E-state index contributed by atoms with van der Waals surface area (Å²) in [6.45, 7) is 0. The zero-order valence-electron chi connectivity index (χ0n) is 6.00. The Morgan fingerprint density at radius 3 is 2.46 bits per heavy atom. The maximum atomic E-state index is 12.8. The smallest absolute Gasteiger partial charge is 0.355 e. The van der Waals surface area contributed by atoms with Gasteiger partial charge in [0.2, 0.25) is 0 Å².